The van der Waals surface area contributed by atoms with Crippen molar-refractivity contribution in [3.05, 3.63) is 140 Å². The van der Waals surface area contributed by atoms with Gasteiger partial charge in [0.2, 0.25) is 0 Å². The van der Waals surface area contributed by atoms with Crippen LogP contribution in [0.5, 0.6) is 11.5 Å². The van der Waals surface area contributed by atoms with Gasteiger partial charge in [-0.15, -0.1) is 0 Å². The van der Waals surface area contributed by atoms with Crippen LogP contribution in [0.4, 0.5) is 0 Å². The second-order valence-corrected chi connectivity index (χ2v) is 11.6. The molecule has 2 aromatic heterocycles. The molecule has 0 aliphatic carbocycles. The van der Waals surface area contributed by atoms with Gasteiger partial charge in [-0.2, -0.15) is 0 Å². The van der Waals surface area contributed by atoms with Crippen molar-refractivity contribution in [2.75, 3.05) is 0 Å². The second kappa shape index (κ2) is 9.58. The standard InChI is InChI=1S/C41H23N3O2/c1-3-10-24(11-4-1)39-42-40(25-12-5-2-6-13-25)44-41(43-39)31-19-18-28(26-14-7-8-15-27(26)31)29-20-22-34-36-30(29)21-23-35-38(36)37-32(45-34)16-9-17-33(37)46-35/h1-23H. The molecule has 1 aliphatic heterocycles. The van der Waals surface area contributed by atoms with E-state index in [2.05, 4.69) is 60.7 Å². The summed E-state index contributed by atoms with van der Waals surface area (Å²) in [6, 6.07) is 47.4. The first-order valence-corrected chi connectivity index (χ1v) is 15.3. The van der Waals surface area contributed by atoms with E-state index in [0.29, 0.717) is 17.5 Å². The summed E-state index contributed by atoms with van der Waals surface area (Å²) in [7, 11) is 0. The number of furan rings is 1. The molecule has 0 saturated carbocycles. The zero-order chi connectivity index (χ0) is 30.2. The number of hydrogen-bond donors (Lipinski definition) is 0. The van der Waals surface area contributed by atoms with Gasteiger partial charge in [-0.05, 0) is 63.7 Å². The summed E-state index contributed by atoms with van der Waals surface area (Å²) >= 11 is 0. The van der Waals surface area contributed by atoms with E-state index < -0.39 is 0 Å². The number of fused-ring (bicyclic) bond motifs is 1. The Morgan fingerprint density at radius 1 is 0.348 bits per heavy atom. The Labute approximate surface area is 263 Å². The van der Waals surface area contributed by atoms with Gasteiger partial charge < -0.3 is 9.15 Å². The fourth-order valence-electron chi connectivity index (χ4n) is 6.87. The van der Waals surface area contributed by atoms with E-state index in [1.807, 2.05) is 78.9 Å². The van der Waals surface area contributed by atoms with Crippen LogP contribution in [0.3, 0.4) is 0 Å². The highest BCUT2D eigenvalue weighted by Gasteiger charge is 2.24. The molecule has 0 N–H and O–H groups in total. The highest BCUT2D eigenvalue weighted by molar-refractivity contribution is 6.26. The minimum atomic E-state index is 0.637. The molecule has 3 heterocycles. The van der Waals surface area contributed by atoms with Crippen LogP contribution in [0.15, 0.2) is 144 Å². The third-order valence-electron chi connectivity index (χ3n) is 8.94. The summed E-state index contributed by atoms with van der Waals surface area (Å²) in [5.74, 6) is 3.60. The lowest BCUT2D eigenvalue weighted by Crippen LogP contribution is -2.00. The van der Waals surface area contributed by atoms with E-state index in [9.17, 15) is 0 Å². The number of aromatic nitrogens is 3. The maximum absolute atomic E-state index is 6.41. The molecule has 0 radical (unpaired) electrons. The minimum Gasteiger partial charge on any atom is -0.456 e. The first kappa shape index (κ1) is 25.0. The molecule has 10 rings (SSSR count). The Bertz CT molecular complexity index is 2610. The topological polar surface area (TPSA) is 61.0 Å². The Morgan fingerprint density at radius 2 is 0.913 bits per heavy atom. The van der Waals surface area contributed by atoms with Gasteiger partial charge >= 0.3 is 0 Å². The summed E-state index contributed by atoms with van der Waals surface area (Å²) in [4.78, 5) is 14.9. The van der Waals surface area contributed by atoms with Crippen LogP contribution in [0, 0.1) is 0 Å². The number of ether oxygens (including phenoxy) is 1. The molecular formula is C41H23N3O2. The normalized spacial score (nSPS) is 12.1. The van der Waals surface area contributed by atoms with Gasteiger partial charge in [0.25, 0.3) is 0 Å². The van der Waals surface area contributed by atoms with Crippen molar-refractivity contribution in [2.24, 2.45) is 0 Å². The number of benzene rings is 7. The lowest BCUT2D eigenvalue weighted by atomic mass is 9.90. The Morgan fingerprint density at radius 3 is 1.65 bits per heavy atom. The molecule has 5 heteroatoms. The van der Waals surface area contributed by atoms with Crippen LogP contribution < -0.4 is 4.74 Å². The van der Waals surface area contributed by atoms with Crippen LogP contribution >= 0.6 is 0 Å². The summed E-state index contributed by atoms with van der Waals surface area (Å²) in [5, 5.41) is 6.54. The van der Waals surface area contributed by atoms with Gasteiger partial charge in [-0.1, -0.05) is 103 Å². The molecule has 0 bridgehead atoms. The van der Waals surface area contributed by atoms with Gasteiger partial charge in [0.15, 0.2) is 17.5 Å². The van der Waals surface area contributed by atoms with Crippen molar-refractivity contribution in [2.45, 2.75) is 0 Å². The predicted octanol–water partition coefficient (Wildman–Crippen LogP) is 10.9. The fraction of sp³-hybridized carbons (Fsp3) is 0. The summed E-state index contributed by atoms with van der Waals surface area (Å²) < 4.78 is 12.7. The number of nitrogens with zero attached hydrogens (tertiary/aromatic N) is 3. The molecule has 5 nitrogen and oxygen atoms in total. The minimum absolute atomic E-state index is 0.637. The first-order valence-electron chi connectivity index (χ1n) is 15.3. The molecule has 0 unspecified atom stereocenters. The molecule has 0 atom stereocenters. The van der Waals surface area contributed by atoms with E-state index in [1.165, 1.54) is 0 Å². The van der Waals surface area contributed by atoms with Crippen molar-refractivity contribution in [1.29, 1.82) is 0 Å². The van der Waals surface area contributed by atoms with Gasteiger partial charge in [-0.25, -0.2) is 15.0 Å². The maximum Gasteiger partial charge on any atom is 0.164 e. The molecule has 0 spiro atoms. The van der Waals surface area contributed by atoms with Gasteiger partial charge in [0.1, 0.15) is 22.7 Å². The van der Waals surface area contributed by atoms with Crippen LogP contribution in [-0.4, -0.2) is 15.0 Å². The maximum atomic E-state index is 6.41. The number of hydrogen-bond acceptors (Lipinski definition) is 5. The summed E-state index contributed by atoms with van der Waals surface area (Å²) in [6.45, 7) is 0. The zero-order valence-electron chi connectivity index (χ0n) is 24.4. The van der Waals surface area contributed by atoms with Gasteiger partial charge in [0.05, 0.1) is 5.39 Å². The SMILES string of the molecule is c1ccc(-c2nc(-c3ccccc3)nc(-c3ccc(-c4ccc5c6c4ccc4oc7cccc(c7c46)O5)c4ccccc34)n2)cc1. The average Bonchev–Trinajstić information content (AvgIpc) is 3.52. The van der Waals surface area contributed by atoms with Crippen molar-refractivity contribution in [1.82, 2.24) is 15.0 Å². The molecule has 0 amide bonds. The largest absolute Gasteiger partial charge is 0.456 e. The highest BCUT2D eigenvalue weighted by atomic mass is 16.5. The van der Waals surface area contributed by atoms with E-state index in [4.69, 9.17) is 24.1 Å². The van der Waals surface area contributed by atoms with Crippen LogP contribution in [0.2, 0.25) is 0 Å². The second-order valence-electron chi connectivity index (χ2n) is 11.6. The number of rotatable bonds is 4. The predicted molar refractivity (Wildman–Crippen MR) is 184 cm³/mol. The van der Waals surface area contributed by atoms with E-state index in [1.54, 1.807) is 0 Å². The Hall–Kier alpha value is -6.33. The molecule has 1 aliphatic rings. The fourth-order valence-corrected chi connectivity index (χ4v) is 6.87. The lowest BCUT2D eigenvalue weighted by molar-refractivity contribution is 0.493. The molecule has 9 aromatic rings. The van der Waals surface area contributed by atoms with Gasteiger partial charge in [-0.3, -0.25) is 0 Å². The molecule has 7 aromatic carbocycles. The summed E-state index contributed by atoms with van der Waals surface area (Å²) in [5.41, 5.74) is 6.81. The average molecular weight is 590 g/mol. The monoisotopic (exact) mass is 589 g/mol. The Kier molecular flexibility index (Phi) is 5.22. The van der Waals surface area contributed by atoms with Crippen LogP contribution in [-0.2, 0) is 0 Å². The van der Waals surface area contributed by atoms with E-state index in [-0.39, 0.29) is 0 Å². The van der Waals surface area contributed by atoms with Crippen molar-refractivity contribution in [3.63, 3.8) is 0 Å². The molecular weight excluding hydrogens is 566 g/mol. The van der Waals surface area contributed by atoms with E-state index in [0.717, 1.165) is 82.8 Å². The third kappa shape index (κ3) is 3.66. The molecule has 214 valence electrons. The van der Waals surface area contributed by atoms with Crippen molar-refractivity contribution in [3.8, 4) is 56.8 Å². The quantitative estimate of drug-likeness (QED) is 0.204. The summed E-state index contributed by atoms with van der Waals surface area (Å²) in [6.07, 6.45) is 0. The first-order chi connectivity index (χ1) is 22.8. The third-order valence-corrected chi connectivity index (χ3v) is 8.94. The van der Waals surface area contributed by atoms with Gasteiger partial charge in [0, 0.05) is 27.5 Å². The molecule has 0 saturated heterocycles. The Balaban J connectivity index is 1.21. The van der Waals surface area contributed by atoms with Crippen molar-refractivity contribution < 1.29 is 9.15 Å². The van der Waals surface area contributed by atoms with Crippen molar-refractivity contribution >= 4 is 43.5 Å². The van der Waals surface area contributed by atoms with E-state index >= 15 is 0 Å². The molecule has 46 heavy (non-hydrogen) atoms. The highest BCUT2D eigenvalue weighted by Crippen LogP contribution is 2.50. The smallest absolute Gasteiger partial charge is 0.164 e. The van der Waals surface area contributed by atoms with Crippen LogP contribution in [0.25, 0.3) is 88.8 Å². The lowest BCUT2D eigenvalue weighted by Gasteiger charge is -2.19. The van der Waals surface area contributed by atoms with Crippen LogP contribution in [0.1, 0.15) is 0 Å². The zero-order valence-corrected chi connectivity index (χ0v) is 24.4. The molecule has 0 fully saturated rings.